The Balaban J connectivity index is 1.63. The summed E-state index contributed by atoms with van der Waals surface area (Å²) >= 11 is 6.12. The number of urea groups is 1. The highest BCUT2D eigenvalue weighted by Gasteiger charge is 2.44. The number of imide groups is 1. The summed E-state index contributed by atoms with van der Waals surface area (Å²) < 4.78 is 5.31. The highest BCUT2D eigenvalue weighted by Crippen LogP contribution is 2.31. The van der Waals surface area contributed by atoms with E-state index in [-0.39, 0.29) is 18.4 Å². The Bertz CT molecular complexity index is 833. The van der Waals surface area contributed by atoms with Gasteiger partial charge in [0.05, 0.1) is 12.1 Å². The number of hydrogen-bond acceptors (Lipinski definition) is 5. The molecule has 0 bridgehead atoms. The summed E-state index contributed by atoms with van der Waals surface area (Å²) in [6.07, 6.45) is 0.256. The molecular weight excluding hydrogens is 396 g/mol. The number of benzene rings is 1. The van der Waals surface area contributed by atoms with Crippen molar-refractivity contribution in [3.05, 3.63) is 23.2 Å². The molecule has 3 atom stereocenters. The number of carbonyl (C=O) groups is 3. The lowest BCUT2D eigenvalue weighted by molar-refractivity contribution is -0.137. The van der Waals surface area contributed by atoms with E-state index in [2.05, 4.69) is 22.5 Å². The van der Waals surface area contributed by atoms with Crippen LogP contribution in [-0.2, 0) is 9.59 Å². The number of nitrogens with one attached hydrogen (secondary N) is 2. The molecular formula is C20H27ClN4O4. The Morgan fingerprint density at radius 3 is 2.69 bits per heavy atom. The summed E-state index contributed by atoms with van der Waals surface area (Å²) in [7, 11) is 1.58. The Labute approximate surface area is 175 Å². The molecule has 2 aliphatic rings. The topological polar surface area (TPSA) is 91.0 Å². The van der Waals surface area contributed by atoms with E-state index >= 15 is 0 Å². The molecule has 158 valence electrons. The van der Waals surface area contributed by atoms with Crippen molar-refractivity contribution >= 4 is 35.1 Å². The highest BCUT2D eigenvalue weighted by molar-refractivity contribution is 6.32. The SMILES string of the molecule is COc1cc(N2CCN(C(=O)[C@@H](C)C[C@@]3(C)NC(=O)NC3=O)C[C@@H]2C)ccc1Cl. The van der Waals surface area contributed by atoms with Gasteiger partial charge in [0.1, 0.15) is 11.3 Å². The van der Waals surface area contributed by atoms with Crippen LogP contribution >= 0.6 is 11.6 Å². The Kier molecular flexibility index (Phi) is 5.93. The maximum atomic E-state index is 13.0. The van der Waals surface area contributed by atoms with E-state index in [1.165, 1.54) is 0 Å². The van der Waals surface area contributed by atoms with E-state index < -0.39 is 23.4 Å². The predicted octanol–water partition coefficient (Wildman–Crippen LogP) is 2.01. The van der Waals surface area contributed by atoms with Crippen molar-refractivity contribution in [1.82, 2.24) is 15.5 Å². The van der Waals surface area contributed by atoms with Crippen molar-refractivity contribution in [2.24, 2.45) is 5.92 Å². The summed E-state index contributed by atoms with van der Waals surface area (Å²) in [4.78, 5) is 40.5. The first-order valence-electron chi connectivity index (χ1n) is 9.67. The molecule has 2 fully saturated rings. The molecule has 2 N–H and O–H groups in total. The minimum absolute atomic E-state index is 0.0136. The molecule has 0 aliphatic carbocycles. The van der Waals surface area contributed by atoms with Crippen LogP contribution in [0.15, 0.2) is 18.2 Å². The quantitative estimate of drug-likeness (QED) is 0.708. The van der Waals surface area contributed by atoms with E-state index in [9.17, 15) is 14.4 Å². The van der Waals surface area contributed by atoms with Gasteiger partial charge in [-0.25, -0.2) is 4.79 Å². The van der Waals surface area contributed by atoms with Crippen LogP contribution in [0.2, 0.25) is 5.02 Å². The van der Waals surface area contributed by atoms with Crippen molar-refractivity contribution in [1.29, 1.82) is 0 Å². The van der Waals surface area contributed by atoms with Gasteiger partial charge in [0.15, 0.2) is 0 Å². The number of nitrogens with zero attached hydrogens (tertiary/aromatic N) is 2. The fourth-order valence-electron chi connectivity index (χ4n) is 4.10. The molecule has 0 unspecified atom stereocenters. The average Bonchev–Trinajstić information content (AvgIpc) is 2.92. The van der Waals surface area contributed by atoms with Gasteiger partial charge in [-0.3, -0.25) is 14.9 Å². The van der Waals surface area contributed by atoms with Crippen molar-refractivity contribution in [3.63, 3.8) is 0 Å². The smallest absolute Gasteiger partial charge is 0.322 e. The first-order chi connectivity index (χ1) is 13.6. The molecule has 0 saturated carbocycles. The van der Waals surface area contributed by atoms with Crippen LogP contribution < -0.4 is 20.3 Å². The van der Waals surface area contributed by atoms with Gasteiger partial charge >= 0.3 is 6.03 Å². The largest absolute Gasteiger partial charge is 0.495 e. The maximum Gasteiger partial charge on any atom is 0.322 e. The molecule has 1 aromatic carbocycles. The van der Waals surface area contributed by atoms with Gasteiger partial charge < -0.3 is 19.9 Å². The molecule has 0 aromatic heterocycles. The second-order valence-electron chi connectivity index (χ2n) is 7.99. The number of piperazine rings is 1. The zero-order chi connectivity index (χ0) is 21.3. The Hall–Kier alpha value is -2.48. The van der Waals surface area contributed by atoms with Gasteiger partial charge in [-0.05, 0) is 32.4 Å². The van der Waals surface area contributed by atoms with E-state index in [4.69, 9.17) is 16.3 Å². The first-order valence-corrected chi connectivity index (χ1v) is 10.0. The van der Waals surface area contributed by atoms with E-state index in [0.29, 0.717) is 30.4 Å². The number of rotatable bonds is 5. The van der Waals surface area contributed by atoms with Gasteiger partial charge in [-0.2, -0.15) is 0 Å². The first kappa shape index (κ1) is 21.2. The fourth-order valence-corrected chi connectivity index (χ4v) is 4.30. The normalized spacial score (nSPS) is 25.5. The number of ether oxygens (including phenoxy) is 1. The van der Waals surface area contributed by atoms with Crippen LogP contribution in [0, 0.1) is 5.92 Å². The third kappa shape index (κ3) is 4.27. The zero-order valence-corrected chi connectivity index (χ0v) is 17.9. The van der Waals surface area contributed by atoms with E-state index in [1.807, 2.05) is 23.1 Å². The third-order valence-electron chi connectivity index (χ3n) is 5.66. The molecule has 29 heavy (non-hydrogen) atoms. The number of halogens is 1. The Morgan fingerprint density at radius 2 is 2.10 bits per heavy atom. The van der Waals surface area contributed by atoms with Crippen LogP contribution in [0.1, 0.15) is 27.2 Å². The summed E-state index contributed by atoms with van der Waals surface area (Å²) in [5.41, 5.74) is -0.0591. The molecule has 0 spiro atoms. The lowest BCUT2D eigenvalue weighted by Gasteiger charge is -2.42. The number of carbonyl (C=O) groups excluding carboxylic acids is 3. The van der Waals surface area contributed by atoms with E-state index in [1.54, 1.807) is 21.0 Å². The monoisotopic (exact) mass is 422 g/mol. The number of methoxy groups -OCH3 is 1. The van der Waals surface area contributed by atoms with Crippen LogP contribution in [0.5, 0.6) is 5.75 Å². The van der Waals surface area contributed by atoms with Crippen molar-refractivity contribution < 1.29 is 19.1 Å². The standard InChI is InChI=1S/C20H27ClN4O4/c1-12(10-20(3)18(27)22-19(28)23-20)17(26)24-7-8-25(13(2)11-24)14-5-6-15(21)16(9-14)29-4/h5-6,9,12-13H,7-8,10-11H2,1-4H3,(H2,22,23,27,28)/t12-,13-,20+/m0/s1. The van der Waals surface area contributed by atoms with Crippen molar-refractivity contribution in [3.8, 4) is 5.75 Å². The van der Waals surface area contributed by atoms with E-state index in [0.717, 1.165) is 5.69 Å². The summed E-state index contributed by atoms with van der Waals surface area (Å²) in [6.45, 7) is 7.34. The van der Waals surface area contributed by atoms with Crippen LogP contribution in [0.4, 0.5) is 10.5 Å². The van der Waals surface area contributed by atoms with Gasteiger partial charge in [-0.1, -0.05) is 18.5 Å². The molecule has 3 rings (SSSR count). The second kappa shape index (κ2) is 8.10. The summed E-state index contributed by atoms with van der Waals surface area (Å²) in [6, 6.07) is 5.25. The molecule has 4 amide bonds. The lowest BCUT2D eigenvalue weighted by Crippen LogP contribution is -2.55. The third-order valence-corrected chi connectivity index (χ3v) is 5.97. The lowest BCUT2D eigenvalue weighted by atomic mass is 9.89. The van der Waals surface area contributed by atoms with Crippen LogP contribution in [-0.4, -0.2) is 61.1 Å². The van der Waals surface area contributed by atoms with Crippen molar-refractivity contribution in [2.45, 2.75) is 38.8 Å². The molecule has 2 heterocycles. The fraction of sp³-hybridized carbons (Fsp3) is 0.550. The van der Waals surface area contributed by atoms with Gasteiger partial charge in [0.25, 0.3) is 5.91 Å². The van der Waals surface area contributed by atoms with Gasteiger partial charge in [-0.15, -0.1) is 0 Å². The maximum absolute atomic E-state index is 13.0. The highest BCUT2D eigenvalue weighted by atomic mass is 35.5. The summed E-state index contributed by atoms with van der Waals surface area (Å²) in [5.74, 6) is -0.176. The molecule has 0 radical (unpaired) electrons. The molecule has 1 aromatic rings. The molecule has 2 aliphatic heterocycles. The molecule has 9 heteroatoms. The van der Waals surface area contributed by atoms with Crippen LogP contribution in [0.3, 0.4) is 0 Å². The minimum atomic E-state index is -1.06. The predicted molar refractivity (Wildman–Crippen MR) is 110 cm³/mol. The van der Waals surface area contributed by atoms with Gasteiger partial charge in [0, 0.05) is 43.3 Å². The van der Waals surface area contributed by atoms with Crippen molar-refractivity contribution in [2.75, 3.05) is 31.6 Å². The van der Waals surface area contributed by atoms with Gasteiger partial charge in [0.2, 0.25) is 5.91 Å². The molecule has 8 nitrogen and oxygen atoms in total. The zero-order valence-electron chi connectivity index (χ0n) is 17.1. The second-order valence-corrected chi connectivity index (χ2v) is 8.40. The Morgan fingerprint density at radius 1 is 1.38 bits per heavy atom. The average molecular weight is 423 g/mol. The summed E-state index contributed by atoms with van der Waals surface area (Å²) in [5, 5.41) is 5.41. The minimum Gasteiger partial charge on any atom is -0.495 e. The molecule has 2 saturated heterocycles. The number of anilines is 1. The number of hydrogen-bond donors (Lipinski definition) is 2. The van der Waals surface area contributed by atoms with Crippen LogP contribution in [0.25, 0.3) is 0 Å². The number of amides is 4.